The molecule has 0 bridgehead atoms. The number of fused-ring (bicyclic) bond motifs is 1. The highest BCUT2D eigenvalue weighted by atomic mass is 32.1. The van der Waals surface area contributed by atoms with Gasteiger partial charge >= 0.3 is 0 Å². The molecule has 3 aromatic rings. The summed E-state index contributed by atoms with van der Waals surface area (Å²) in [5.74, 6) is 0.536. The fourth-order valence-electron chi connectivity index (χ4n) is 2.81. The molecule has 0 aliphatic heterocycles. The van der Waals surface area contributed by atoms with Crippen LogP contribution < -0.4 is 4.74 Å². The summed E-state index contributed by atoms with van der Waals surface area (Å²) in [6, 6.07) is 12.3. The summed E-state index contributed by atoms with van der Waals surface area (Å²) in [5, 5.41) is 19.0. The van der Waals surface area contributed by atoms with Crippen molar-refractivity contribution in [2.45, 2.75) is 6.42 Å². The van der Waals surface area contributed by atoms with Gasteiger partial charge in [0.25, 0.3) is 0 Å². The van der Waals surface area contributed by atoms with Crippen LogP contribution in [0.3, 0.4) is 0 Å². The number of aliphatic hydroxyl groups is 2. The topological polar surface area (TPSA) is 65.8 Å². The summed E-state index contributed by atoms with van der Waals surface area (Å²) in [6.45, 7) is 2.27. The van der Waals surface area contributed by atoms with E-state index in [4.69, 9.17) is 14.9 Å². The minimum absolute atomic E-state index is 0.0592. The lowest BCUT2D eigenvalue weighted by molar-refractivity contribution is 0.141. The molecule has 0 fully saturated rings. The van der Waals surface area contributed by atoms with E-state index in [9.17, 15) is 4.39 Å². The predicted molar refractivity (Wildman–Crippen MR) is 105 cm³/mol. The number of halogens is 1. The van der Waals surface area contributed by atoms with Crippen molar-refractivity contribution in [2.24, 2.45) is 0 Å². The van der Waals surface area contributed by atoms with Gasteiger partial charge in [-0.15, -0.1) is 11.3 Å². The SMILES string of the molecule is OCCN(CCO)CCOc1ccc2nc(Cc3ccc(F)cc3)sc2c1. The summed E-state index contributed by atoms with van der Waals surface area (Å²) >= 11 is 1.61. The van der Waals surface area contributed by atoms with Gasteiger partial charge in [0, 0.05) is 26.1 Å². The zero-order valence-electron chi connectivity index (χ0n) is 15.0. The summed E-state index contributed by atoms with van der Waals surface area (Å²) in [4.78, 5) is 6.58. The number of hydrogen-bond acceptors (Lipinski definition) is 6. The Labute approximate surface area is 161 Å². The highest BCUT2D eigenvalue weighted by molar-refractivity contribution is 7.18. The third-order valence-electron chi connectivity index (χ3n) is 4.18. The third-order valence-corrected chi connectivity index (χ3v) is 5.20. The van der Waals surface area contributed by atoms with Crippen molar-refractivity contribution >= 4 is 21.6 Å². The summed E-state index contributed by atoms with van der Waals surface area (Å²) in [5.41, 5.74) is 1.95. The molecule has 27 heavy (non-hydrogen) atoms. The van der Waals surface area contributed by atoms with Crippen LogP contribution >= 0.6 is 11.3 Å². The molecule has 7 heteroatoms. The number of rotatable bonds is 10. The van der Waals surface area contributed by atoms with Gasteiger partial charge in [0.1, 0.15) is 18.2 Å². The van der Waals surface area contributed by atoms with Gasteiger partial charge in [-0.3, -0.25) is 4.90 Å². The van der Waals surface area contributed by atoms with Crippen molar-refractivity contribution in [1.29, 1.82) is 0 Å². The monoisotopic (exact) mass is 390 g/mol. The molecule has 0 atom stereocenters. The fraction of sp³-hybridized carbons (Fsp3) is 0.350. The molecule has 144 valence electrons. The van der Waals surface area contributed by atoms with Crippen molar-refractivity contribution in [3.05, 3.63) is 58.9 Å². The van der Waals surface area contributed by atoms with E-state index >= 15 is 0 Å². The maximum atomic E-state index is 13.0. The molecule has 0 amide bonds. The van der Waals surface area contributed by atoms with Gasteiger partial charge in [0.15, 0.2) is 0 Å². The zero-order chi connectivity index (χ0) is 19.1. The van der Waals surface area contributed by atoms with Gasteiger partial charge in [-0.25, -0.2) is 9.37 Å². The molecule has 2 N–H and O–H groups in total. The van der Waals surface area contributed by atoms with E-state index in [1.165, 1.54) is 12.1 Å². The molecule has 1 aromatic heterocycles. The number of benzene rings is 2. The fourth-order valence-corrected chi connectivity index (χ4v) is 3.84. The van der Waals surface area contributed by atoms with E-state index in [-0.39, 0.29) is 19.0 Å². The molecular formula is C20H23FN2O3S. The minimum atomic E-state index is -0.235. The molecule has 0 saturated carbocycles. The highest BCUT2D eigenvalue weighted by Gasteiger charge is 2.08. The number of aliphatic hydroxyl groups excluding tert-OH is 2. The van der Waals surface area contributed by atoms with E-state index in [1.54, 1.807) is 23.5 Å². The maximum Gasteiger partial charge on any atom is 0.123 e. The predicted octanol–water partition coefficient (Wildman–Crippen LogP) is 2.69. The van der Waals surface area contributed by atoms with Crippen LogP contribution in [-0.4, -0.2) is 59.6 Å². The van der Waals surface area contributed by atoms with Gasteiger partial charge in [0.05, 0.1) is 28.4 Å². The Hall–Kier alpha value is -2.06. The van der Waals surface area contributed by atoms with E-state index in [2.05, 4.69) is 4.98 Å². The quantitative estimate of drug-likeness (QED) is 0.557. The van der Waals surface area contributed by atoms with E-state index in [0.717, 1.165) is 26.5 Å². The lowest BCUT2D eigenvalue weighted by atomic mass is 10.1. The molecule has 0 aliphatic rings. The second-order valence-electron chi connectivity index (χ2n) is 6.18. The molecule has 1 heterocycles. The summed E-state index contributed by atoms with van der Waals surface area (Å²) in [6.07, 6.45) is 0.674. The zero-order valence-corrected chi connectivity index (χ0v) is 15.8. The average molecular weight is 390 g/mol. The first-order chi connectivity index (χ1) is 13.2. The van der Waals surface area contributed by atoms with Crippen molar-refractivity contribution in [3.63, 3.8) is 0 Å². The second kappa shape index (κ2) is 9.75. The largest absolute Gasteiger partial charge is 0.492 e. The first-order valence-electron chi connectivity index (χ1n) is 8.88. The van der Waals surface area contributed by atoms with Gasteiger partial charge in [-0.2, -0.15) is 0 Å². The number of hydrogen-bond donors (Lipinski definition) is 2. The molecule has 3 rings (SSSR count). The van der Waals surface area contributed by atoms with Crippen molar-refractivity contribution in [3.8, 4) is 5.75 Å². The van der Waals surface area contributed by atoms with E-state index in [0.29, 0.717) is 32.7 Å². The highest BCUT2D eigenvalue weighted by Crippen LogP contribution is 2.27. The first-order valence-corrected chi connectivity index (χ1v) is 9.70. The molecular weight excluding hydrogens is 367 g/mol. The van der Waals surface area contributed by atoms with Crippen LogP contribution in [0, 0.1) is 5.82 Å². The lowest BCUT2D eigenvalue weighted by Gasteiger charge is -2.20. The van der Waals surface area contributed by atoms with E-state index in [1.807, 2.05) is 23.1 Å². The molecule has 0 saturated heterocycles. The lowest BCUT2D eigenvalue weighted by Crippen LogP contribution is -2.33. The number of thiazole rings is 1. The molecule has 0 aliphatic carbocycles. The molecule has 0 radical (unpaired) electrons. The van der Waals surface area contributed by atoms with Crippen molar-refractivity contribution in [1.82, 2.24) is 9.88 Å². The average Bonchev–Trinajstić information content (AvgIpc) is 3.05. The van der Waals surface area contributed by atoms with E-state index < -0.39 is 0 Å². The van der Waals surface area contributed by atoms with Crippen molar-refractivity contribution < 1.29 is 19.3 Å². The van der Waals surface area contributed by atoms with Crippen LogP contribution in [0.25, 0.3) is 10.2 Å². The molecule has 0 unspecified atom stereocenters. The Morgan fingerprint density at radius 3 is 2.44 bits per heavy atom. The molecule has 0 spiro atoms. The number of aromatic nitrogens is 1. The van der Waals surface area contributed by atoms with Crippen LogP contribution in [-0.2, 0) is 6.42 Å². The van der Waals surface area contributed by atoms with Crippen LogP contribution in [0.15, 0.2) is 42.5 Å². The van der Waals surface area contributed by atoms with Crippen LogP contribution in [0.1, 0.15) is 10.6 Å². The van der Waals surface area contributed by atoms with Gasteiger partial charge in [-0.1, -0.05) is 12.1 Å². The Morgan fingerprint density at radius 2 is 1.74 bits per heavy atom. The van der Waals surface area contributed by atoms with Gasteiger partial charge in [0.2, 0.25) is 0 Å². The van der Waals surface area contributed by atoms with Gasteiger partial charge < -0.3 is 14.9 Å². The first kappa shape index (κ1) is 19.7. The summed E-state index contributed by atoms with van der Waals surface area (Å²) < 4.78 is 19.9. The summed E-state index contributed by atoms with van der Waals surface area (Å²) in [7, 11) is 0. The Balaban J connectivity index is 1.60. The standard InChI is InChI=1S/C20H23FN2O3S/c21-16-3-1-15(2-4-16)13-20-22-18-6-5-17(14-19(18)27-20)26-12-9-23(7-10-24)8-11-25/h1-6,14,24-25H,7-13H2. The molecule has 5 nitrogen and oxygen atoms in total. The third kappa shape index (κ3) is 5.71. The maximum absolute atomic E-state index is 13.0. The Bertz CT molecular complexity index is 848. The smallest absolute Gasteiger partial charge is 0.123 e. The number of nitrogens with zero attached hydrogens (tertiary/aromatic N) is 2. The van der Waals surface area contributed by atoms with Crippen molar-refractivity contribution in [2.75, 3.05) is 39.5 Å². The van der Waals surface area contributed by atoms with Crippen LogP contribution in [0.2, 0.25) is 0 Å². The Morgan fingerprint density at radius 1 is 1.00 bits per heavy atom. The molecule has 2 aromatic carbocycles. The minimum Gasteiger partial charge on any atom is -0.492 e. The normalized spacial score (nSPS) is 11.4. The second-order valence-corrected chi connectivity index (χ2v) is 7.29. The Kier molecular flexibility index (Phi) is 7.11. The van der Waals surface area contributed by atoms with Gasteiger partial charge in [-0.05, 0) is 35.9 Å². The van der Waals surface area contributed by atoms with Crippen LogP contribution in [0.4, 0.5) is 4.39 Å². The number of ether oxygens (including phenoxy) is 1. The van der Waals surface area contributed by atoms with Crippen LogP contribution in [0.5, 0.6) is 5.75 Å².